The molecule has 1 heterocycles. The molecule has 0 aliphatic carbocycles. The topological polar surface area (TPSA) is 21.1 Å². The van der Waals surface area contributed by atoms with Crippen LogP contribution in [-0.2, 0) is 13.6 Å². The van der Waals surface area contributed by atoms with Gasteiger partial charge in [0.2, 0.25) is 0 Å². The maximum absolute atomic E-state index is 13.7. The minimum atomic E-state index is -0.213. The smallest absolute Gasteiger partial charge is 0.146 e. The third-order valence-corrected chi connectivity index (χ3v) is 3.94. The summed E-state index contributed by atoms with van der Waals surface area (Å²) in [5.41, 5.74) is 2.55. The largest absolute Gasteiger partial charge is 0.366 e. The number of nitrogens with zero attached hydrogens (tertiary/aromatic N) is 3. The Kier molecular flexibility index (Phi) is 3.71. The van der Waals surface area contributed by atoms with Crippen LogP contribution in [0.4, 0.5) is 10.1 Å². The Morgan fingerprint density at radius 2 is 2.06 bits per heavy atom. The average Bonchev–Trinajstić information content (AvgIpc) is 2.56. The van der Waals surface area contributed by atoms with Crippen LogP contribution in [0.5, 0.6) is 0 Å². The molecule has 0 N–H and O–H groups in total. The molecule has 1 aromatic carbocycles. The van der Waals surface area contributed by atoms with E-state index in [1.807, 2.05) is 36.7 Å². The molecule has 0 fully saturated rings. The highest BCUT2D eigenvalue weighted by Gasteiger charge is 2.14. The fraction of sp³-hybridized carbons (Fsp3) is 0.308. The number of para-hydroxylation sites is 1. The van der Waals surface area contributed by atoms with E-state index in [1.54, 1.807) is 12.1 Å². The van der Waals surface area contributed by atoms with Gasteiger partial charge < -0.3 is 4.90 Å². The second-order valence-electron chi connectivity index (χ2n) is 4.28. The van der Waals surface area contributed by atoms with Crippen LogP contribution < -0.4 is 4.90 Å². The van der Waals surface area contributed by atoms with Crippen LogP contribution in [0.2, 0.25) is 0 Å². The number of rotatable bonds is 3. The van der Waals surface area contributed by atoms with Crippen molar-refractivity contribution in [3.63, 3.8) is 0 Å². The van der Waals surface area contributed by atoms with Crippen molar-refractivity contribution < 1.29 is 4.39 Å². The molecule has 3 nitrogen and oxygen atoms in total. The van der Waals surface area contributed by atoms with Gasteiger partial charge in [-0.3, -0.25) is 4.68 Å². The Hall–Kier alpha value is -1.36. The van der Waals surface area contributed by atoms with Crippen LogP contribution in [0.25, 0.3) is 0 Å². The molecule has 96 valence electrons. The molecule has 1 aromatic heterocycles. The van der Waals surface area contributed by atoms with E-state index in [2.05, 4.69) is 21.0 Å². The fourth-order valence-electron chi connectivity index (χ4n) is 1.92. The summed E-state index contributed by atoms with van der Waals surface area (Å²) in [5, 5.41) is 4.33. The lowest BCUT2D eigenvalue weighted by molar-refractivity contribution is 0.618. The predicted octanol–water partition coefficient (Wildman–Crippen LogP) is 3.27. The van der Waals surface area contributed by atoms with Crippen LogP contribution in [-0.4, -0.2) is 16.8 Å². The van der Waals surface area contributed by atoms with Gasteiger partial charge in [-0.25, -0.2) is 4.39 Å². The number of benzene rings is 1. The third kappa shape index (κ3) is 2.41. The molecular weight excluding hydrogens is 297 g/mol. The van der Waals surface area contributed by atoms with Gasteiger partial charge in [-0.1, -0.05) is 12.1 Å². The normalized spacial score (nSPS) is 10.7. The van der Waals surface area contributed by atoms with Crippen molar-refractivity contribution >= 4 is 21.6 Å². The molecule has 5 heteroatoms. The fourth-order valence-corrected chi connectivity index (χ4v) is 2.38. The number of halogens is 2. The Morgan fingerprint density at radius 3 is 2.61 bits per heavy atom. The summed E-state index contributed by atoms with van der Waals surface area (Å²) >= 11 is 3.52. The van der Waals surface area contributed by atoms with Gasteiger partial charge >= 0.3 is 0 Å². The van der Waals surface area contributed by atoms with Gasteiger partial charge in [-0.05, 0) is 35.0 Å². The highest BCUT2D eigenvalue weighted by molar-refractivity contribution is 9.10. The van der Waals surface area contributed by atoms with Crippen molar-refractivity contribution in [2.45, 2.75) is 13.5 Å². The van der Waals surface area contributed by atoms with E-state index in [-0.39, 0.29) is 5.82 Å². The van der Waals surface area contributed by atoms with Crippen molar-refractivity contribution in [2.24, 2.45) is 7.05 Å². The summed E-state index contributed by atoms with van der Waals surface area (Å²) in [5.74, 6) is -0.213. The number of aromatic nitrogens is 2. The Balaban J connectivity index is 2.27. The van der Waals surface area contributed by atoms with Crippen molar-refractivity contribution in [3.8, 4) is 0 Å². The number of hydrogen-bond donors (Lipinski definition) is 0. The molecule has 0 saturated carbocycles. The first kappa shape index (κ1) is 13.1. The van der Waals surface area contributed by atoms with E-state index >= 15 is 0 Å². The molecule has 2 aromatic rings. The third-order valence-electron chi connectivity index (χ3n) is 2.91. The maximum Gasteiger partial charge on any atom is 0.146 e. The highest BCUT2D eigenvalue weighted by atomic mass is 79.9. The molecule has 0 bridgehead atoms. The molecule has 18 heavy (non-hydrogen) atoms. The molecule has 0 radical (unpaired) electrons. The summed E-state index contributed by atoms with van der Waals surface area (Å²) < 4.78 is 16.5. The van der Waals surface area contributed by atoms with E-state index in [1.165, 1.54) is 6.07 Å². The van der Waals surface area contributed by atoms with Crippen LogP contribution in [0.3, 0.4) is 0 Å². The second-order valence-corrected chi connectivity index (χ2v) is 5.07. The van der Waals surface area contributed by atoms with Crippen LogP contribution in [0, 0.1) is 12.7 Å². The summed E-state index contributed by atoms with van der Waals surface area (Å²) in [6.07, 6.45) is 0. The summed E-state index contributed by atoms with van der Waals surface area (Å²) in [6.45, 7) is 2.54. The van der Waals surface area contributed by atoms with Gasteiger partial charge in [0.1, 0.15) is 5.82 Å². The minimum Gasteiger partial charge on any atom is -0.366 e. The van der Waals surface area contributed by atoms with Crippen LogP contribution >= 0.6 is 15.9 Å². The summed E-state index contributed by atoms with van der Waals surface area (Å²) in [4.78, 5) is 1.87. The first-order chi connectivity index (χ1) is 8.50. The molecule has 0 spiro atoms. The molecule has 0 saturated heterocycles. The van der Waals surface area contributed by atoms with E-state index in [0.717, 1.165) is 15.9 Å². The van der Waals surface area contributed by atoms with Gasteiger partial charge in [0, 0.05) is 14.1 Å². The maximum atomic E-state index is 13.7. The lowest BCUT2D eigenvalue weighted by atomic mass is 10.2. The zero-order valence-electron chi connectivity index (χ0n) is 10.6. The van der Waals surface area contributed by atoms with Crippen molar-refractivity contribution in [3.05, 3.63) is 45.9 Å². The Labute approximate surface area is 114 Å². The zero-order chi connectivity index (χ0) is 13.3. The zero-order valence-corrected chi connectivity index (χ0v) is 12.2. The van der Waals surface area contributed by atoms with E-state index < -0.39 is 0 Å². The van der Waals surface area contributed by atoms with Gasteiger partial charge in [0.25, 0.3) is 0 Å². The number of hydrogen-bond acceptors (Lipinski definition) is 2. The lowest BCUT2D eigenvalue weighted by Gasteiger charge is -2.20. The summed E-state index contributed by atoms with van der Waals surface area (Å²) in [6, 6.07) is 6.76. The quantitative estimate of drug-likeness (QED) is 0.867. The molecule has 0 aliphatic heterocycles. The van der Waals surface area contributed by atoms with E-state index in [9.17, 15) is 4.39 Å². The Morgan fingerprint density at radius 1 is 1.39 bits per heavy atom. The molecule has 0 amide bonds. The van der Waals surface area contributed by atoms with Crippen molar-refractivity contribution in [1.82, 2.24) is 9.78 Å². The van der Waals surface area contributed by atoms with Gasteiger partial charge in [0.15, 0.2) is 0 Å². The first-order valence-electron chi connectivity index (χ1n) is 5.64. The summed E-state index contributed by atoms with van der Waals surface area (Å²) in [7, 11) is 3.76. The van der Waals surface area contributed by atoms with E-state index in [0.29, 0.717) is 12.2 Å². The standard InChI is InChI=1S/C13H15BrFN3/c1-9-13(14)12(18(3)16-9)8-17(2)11-7-5-4-6-10(11)15/h4-7H,8H2,1-3H3. The predicted molar refractivity (Wildman–Crippen MR) is 74.2 cm³/mol. The van der Waals surface area contributed by atoms with Gasteiger partial charge in [-0.15, -0.1) is 0 Å². The Bertz CT molecular complexity index is 565. The SMILES string of the molecule is Cc1nn(C)c(CN(C)c2ccccc2F)c1Br. The van der Waals surface area contributed by atoms with E-state index in [4.69, 9.17) is 0 Å². The monoisotopic (exact) mass is 311 g/mol. The second kappa shape index (κ2) is 5.10. The van der Waals surface area contributed by atoms with Crippen LogP contribution in [0.1, 0.15) is 11.4 Å². The lowest BCUT2D eigenvalue weighted by Crippen LogP contribution is -2.19. The first-order valence-corrected chi connectivity index (χ1v) is 6.43. The number of anilines is 1. The molecule has 2 rings (SSSR count). The molecule has 0 aliphatic rings. The minimum absolute atomic E-state index is 0.213. The average molecular weight is 312 g/mol. The highest BCUT2D eigenvalue weighted by Crippen LogP contribution is 2.24. The molecule has 0 unspecified atom stereocenters. The van der Waals surface area contributed by atoms with Crippen molar-refractivity contribution in [2.75, 3.05) is 11.9 Å². The molecule has 0 atom stereocenters. The number of aryl methyl sites for hydroxylation is 2. The van der Waals surface area contributed by atoms with Crippen molar-refractivity contribution in [1.29, 1.82) is 0 Å². The molecular formula is C13H15BrFN3. The van der Waals surface area contributed by atoms with Gasteiger partial charge in [-0.2, -0.15) is 5.10 Å². The van der Waals surface area contributed by atoms with Gasteiger partial charge in [0.05, 0.1) is 28.1 Å². The van der Waals surface area contributed by atoms with Crippen LogP contribution in [0.15, 0.2) is 28.7 Å².